The molecule has 0 bridgehead atoms. The molecule has 0 spiro atoms. The Morgan fingerprint density at radius 3 is 2.43 bits per heavy atom. The topological polar surface area (TPSA) is 9.23 Å². The van der Waals surface area contributed by atoms with Crippen LogP contribution in [0.2, 0.25) is 0 Å². The van der Waals surface area contributed by atoms with Gasteiger partial charge < -0.3 is 4.74 Å². The predicted octanol–water partition coefficient (Wildman–Crippen LogP) is 2.70. The Labute approximate surface area is 79.5 Å². The fourth-order valence-electron chi connectivity index (χ4n) is 1.11. The van der Waals surface area contributed by atoms with Gasteiger partial charge in [0.25, 0.3) is 0 Å². The van der Waals surface area contributed by atoms with E-state index in [9.17, 15) is 13.2 Å². The van der Waals surface area contributed by atoms with Crippen molar-refractivity contribution in [3.63, 3.8) is 0 Å². The van der Waals surface area contributed by atoms with Crippen LogP contribution in [0.25, 0.3) is 0 Å². The van der Waals surface area contributed by atoms with Crippen molar-refractivity contribution in [1.29, 1.82) is 0 Å². The molecule has 0 saturated heterocycles. The third kappa shape index (κ3) is 1.82. The maximum Gasteiger partial charge on any atom is 0.421 e. The van der Waals surface area contributed by atoms with Crippen molar-refractivity contribution in [2.45, 2.75) is 6.18 Å². The van der Waals surface area contributed by atoms with Crippen LogP contribution >= 0.6 is 0 Å². The van der Waals surface area contributed by atoms with Crippen LogP contribution in [0.1, 0.15) is 11.1 Å². The molecule has 0 heterocycles. The summed E-state index contributed by atoms with van der Waals surface area (Å²) in [5.74, 6) is 1.72. The van der Waals surface area contributed by atoms with Gasteiger partial charge in [0.1, 0.15) is 11.3 Å². The highest BCUT2D eigenvalue weighted by molar-refractivity contribution is 5.49. The van der Waals surface area contributed by atoms with E-state index < -0.39 is 11.7 Å². The number of benzene rings is 1. The molecule has 0 fully saturated rings. The van der Waals surface area contributed by atoms with Crippen molar-refractivity contribution in [3.05, 3.63) is 29.3 Å². The van der Waals surface area contributed by atoms with Crippen molar-refractivity contribution in [2.75, 3.05) is 7.11 Å². The van der Waals surface area contributed by atoms with Gasteiger partial charge in [-0.2, -0.15) is 13.2 Å². The van der Waals surface area contributed by atoms with Gasteiger partial charge in [-0.05, 0) is 12.1 Å². The minimum Gasteiger partial charge on any atom is -0.496 e. The first-order chi connectivity index (χ1) is 6.50. The number of methoxy groups -OCH3 is 1. The summed E-state index contributed by atoms with van der Waals surface area (Å²) in [4.78, 5) is 0. The van der Waals surface area contributed by atoms with Gasteiger partial charge in [0, 0.05) is 5.56 Å². The Morgan fingerprint density at radius 2 is 2.00 bits per heavy atom. The molecule has 4 heteroatoms. The maximum absolute atomic E-state index is 12.5. The highest BCUT2D eigenvalue weighted by atomic mass is 19.4. The lowest BCUT2D eigenvalue weighted by atomic mass is 10.1. The lowest BCUT2D eigenvalue weighted by molar-refractivity contribution is -0.138. The largest absolute Gasteiger partial charge is 0.496 e. The molecular formula is C10H7F3O. The number of rotatable bonds is 1. The summed E-state index contributed by atoms with van der Waals surface area (Å²) in [6.45, 7) is 0. The number of alkyl halides is 3. The average Bonchev–Trinajstić information content (AvgIpc) is 2.15. The molecule has 0 unspecified atom stereocenters. The molecule has 0 radical (unpaired) electrons. The Balaban J connectivity index is 3.44. The van der Waals surface area contributed by atoms with E-state index >= 15 is 0 Å². The molecule has 1 aromatic carbocycles. The molecule has 1 nitrogen and oxygen atoms in total. The van der Waals surface area contributed by atoms with Crippen molar-refractivity contribution in [3.8, 4) is 18.1 Å². The fraction of sp³-hybridized carbons (Fsp3) is 0.200. The van der Waals surface area contributed by atoms with Crippen LogP contribution in [-0.2, 0) is 6.18 Å². The zero-order chi connectivity index (χ0) is 10.8. The zero-order valence-corrected chi connectivity index (χ0v) is 7.35. The molecule has 0 amide bonds. The van der Waals surface area contributed by atoms with E-state index in [1.165, 1.54) is 25.3 Å². The molecule has 0 atom stereocenters. The normalized spacial score (nSPS) is 10.8. The summed E-state index contributed by atoms with van der Waals surface area (Å²) in [6.07, 6.45) is 0.474. The van der Waals surface area contributed by atoms with Gasteiger partial charge in [0.2, 0.25) is 0 Å². The molecule has 0 N–H and O–H groups in total. The molecule has 74 valence electrons. The van der Waals surface area contributed by atoms with Gasteiger partial charge in [0.15, 0.2) is 0 Å². The number of halogens is 3. The Hall–Kier alpha value is -1.63. The standard InChI is InChI=1S/C10H7F3O/c1-3-7-5-4-6-8(14-2)9(7)10(11,12)13/h1,4-6H,2H3. The van der Waals surface area contributed by atoms with E-state index in [0.29, 0.717) is 0 Å². The molecule has 0 aliphatic carbocycles. The van der Waals surface area contributed by atoms with E-state index in [-0.39, 0.29) is 11.3 Å². The summed E-state index contributed by atoms with van der Waals surface area (Å²) in [5.41, 5.74) is -1.11. The second kappa shape index (κ2) is 3.62. The van der Waals surface area contributed by atoms with Crippen LogP contribution in [0.15, 0.2) is 18.2 Å². The van der Waals surface area contributed by atoms with E-state index in [4.69, 9.17) is 6.42 Å². The van der Waals surface area contributed by atoms with Gasteiger partial charge >= 0.3 is 6.18 Å². The first-order valence-electron chi connectivity index (χ1n) is 3.71. The Morgan fingerprint density at radius 1 is 1.36 bits per heavy atom. The van der Waals surface area contributed by atoms with Crippen molar-refractivity contribution in [2.24, 2.45) is 0 Å². The smallest absolute Gasteiger partial charge is 0.421 e. The third-order valence-electron chi connectivity index (χ3n) is 1.69. The first kappa shape index (κ1) is 10.5. The lowest BCUT2D eigenvalue weighted by Crippen LogP contribution is -2.09. The average molecular weight is 200 g/mol. The Kier molecular flexibility index (Phi) is 2.70. The number of hydrogen-bond acceptors (Lipinski definition) is 1. The van der Waals surface area contributed by atoms with Crippen LogP contribution in [0.5, 0.6) is 5.75 Å². The van der Waals surface area contributed by atoms with Crippen LogP contribution in [0.4, 0.5) is 13.2 Å². The molecule has 1 rings (SSSR count). The molecule has 0 saturated carbocycles. The fourth-order valence-corrected chi connectivity index (χ4v) is 1.11. The molecule has 1 aromatic rings. The van der Waals surface area contributed by atoms with Crippen molar-refractivity contribution in [1.82, 2.24) is 0 Å². The summed E-state index contributed by atoms with van der Waals surface area (Å²) in [5, 5.41) is 0. The summed E-state index contributed by atoms with van der Waals surface area (Å²) in [6, 6.07) is 3.87. The van der Waals surface area contributed by atoms with Crippen LogP contribution < -0.4 is 4.74 Å². The second-order valence-corrected chi connectivity index (χ2v) is 2.52. The SMILES string of the molecule is C#Cc1cccc(OC)c1C(F)(F)F. The molecule has 0 aliphatic rings. The summed E-state index contributed by atoms with van der Waals surface area (Å²) < 4.78 is 42.1. The van der Waals surface area contributed by atoms with Gasteiger partial charge in [-0.25, -0.2) is 0 Å². The third-order valence-corrected chi connectivity index (χ3v) is 1.69. The van der Waals surface area contributed by atoms with Crippen LogP contribution in [0.3, 0.4) is 0 Å². The van der Waals surface area contributed by atoms with Gasteiger partial charge in [-0.15, -0.1) is 6.42 Å². The molecule has 0 aliphatic heterocycles. The lowest BCUT2D eigenvalue weighted by Gasteiger charge is -2.13. The number of ether oxygens (including phenoxy) is 1. The van der Waals surface area contributed by atoms with Crippen molar-refractivity contribution < 1.29 is 17.9 Å². The molecule has 0 aromatic heterocycles. The number of terminal acetylenes is 1. The van der Waals surface area contributed by atoms with E-state index in [2.05, 4.69) is 4.74 Å². The summed E-state index contributed by atoms with van der Waals surface area (Å²) in [7, 11) is 1.17. The second-order valence-electron chi connectivity index (χ2n) is 2.52. The minimum absolute atomic E-state index is 0.211. The quantitative estimate of drug-likeness (QED) is 0.633. The zero-order valence-electron chi connectivity index (χ0n) is 7.35. The van der Waals surface area contributed by atoms with Crippen LogP contribution in [0, 0.1) is 12.3 Å². The van der Waals surface area contributed by atoms with E-state index in [1.807, 2.05) is 5.92 Å². The van der Waals surface area contributed by atoms with Crippen molar-refractivity contribution >= 4 is 0 Å². The maximum atomic E-state index is 12.5. The highest BCUT2D eigenvalue weighted by Gasteiger charge is 2.36. The van der Waals surface area contributed by atoms with Gasteiger partial charge in [-0.3, -0.25) is 0 Å². The van der Waals surface area contributed by atoms with Gasteiger partial charge in [-0.1, -0.05) is 12.0 Å². The van der Waals surface area contributed by atoms with E-state index in [1.54, 1.807) is 0 Å². The monoisotopic (exact) mass is 200 g/mol. The molecule has 14 heavy (non-hydrogen) atoms. The van der Waals surface area contributed by atoms with Crippen LogP contribution in [-0.4, -0.2) is 7.11 Å². The highest BCUT2D eigenvalue weighted by Crippen LogP contribution is 2.38. The first-order valence-corrected chi connectivity index (χ1v) is 3.71. The predicted molar refractivity (Wildman–Crippen MR) is 45.9 cm³/mol. The summed E-state index contributed by atoms with van der Waals surface area (Å²) >= 11 is 0. The number of hydrogen-bond donors (Lipinski definition) is 0. The molecular weight excluding hydrogens is 193 g/mol. The Bertz CT molecular complexity index is 374. The minimum atomic E-state index is -4.49. The van der Waals surface area contributed by atoms with E-state index in [0.717, 1.165) is 0 Å². The van der Waals surface area contributed by atoms with Gasteiger partial charge in [0.05, 0.1) is 7.11 Å².